The van der Waals surface area contributed by atoms with Crippen LogP contribution in [0, 0.1) is 11.3 Å². The third-order valence-corrected chi connectivity index (χ3v) is 2.68. The maximum Gasteiger partial charge on any atom is 0.174 e. The smallest absolute Gasteiger partial charge is 0.174 e. The summed E-state index contributed by atoms with van der Waals surface area (Å²) >= 11 is 1.32. The Kier molecular flexibility index (Phi) is 3.89. The molecule has 0 unspecified atom stereocenters. The summed E-state index contributed by atoms with van der Waals surface area (Å²) in [5.74, 6) is 0.703. The van der Waals surface area contributed by atoms with E-state index in [1.165, 1.54) is 11.5 Å². The van der Waals surface area contributed by atoms with E-state index in [4.69, 9.17) is 10.00 Å². The van der Waals surface area contributed by atoms with E-state index in [1.54, 1.807) is 6.20 Å². The lowest BCUT2D eigenvalue weighted by Crippen LogP contribution is -1.98. The average Bonchev–Trinajstić information content (AvgIpc) is 2.88. The van der Waals surface area contributed by atoms with E-state index in [-0.39, 0.29) is 6.61 Å². The molecule has 1 aromatic carbocycles. The number of hydrogen-bond acceptors (Lipinski definition) is 6. The minimum Gasteiger partial charge on any atom is -0.479 e. The number of ether oxygens (including phenoxy) is 1. The van der Waals surface area contributed by atoms with Gasteiger partial charge in [0.1, 0.15) is 16.8 Å². The van der Waals surface area contributed by atoms with E-state index in [2.05, 4.69) is 14.9 Å². The largest absolute Gasteiger partial charge is 0.479 e. The van der Waals surface area contributed by atoms with E-state index in [1.807, 2.05) is 30.3 Å². The van der Waals surface area contributed by atoms with Crippen molar-refractivity contribution in [2.45, 2.75) is 6.54 Å². The van der Waals surface area contributed by atoms with Gasteiger partial charge in [-0.2, -0.15) is 5.26 Å². The lowest BCUT2D eigenvalue weighted by molar-refractivity contribution is 0.368. The van der Waals surface area contributed by atoms with Crippen molar-refractivity contribution in [1.29, 1.82) is 5.26 Å². The SMILES string of the molecule is N#CCOc1ccc(CNc2cnns2)cc1. The van der Waals surface area contributed by atoms with Gasteiger partial charge in [-0.05, 0) is 17.7 Å². The molecule has 0 aliphatic rings. The van der Waals surface area contributed by atoms with Crippen molar-refractivity contribution in [1.82, 2.24) is 9.59 Å². The topological polar surface area (TPSA) is 70.8 Å². The van der Waals surface area contributed by atoms with Crippen LogP contribution in [0.25, 0.3) is 0 Å². The van der Waals surface area contributed by atoms with Gasteiger partial charge in [-0.3, -0.25) is 0 Å². The molecule has 1 aromatic heterocycles. The molecule has 2 aromatic rings. The van der Waals surface area contributed by atoms with Gasteiger partial charge in [0.2, 0.25) is 0 Å². The van der Waals surface area contributed by atoms with Gasteiger partial charge in [-0.1, -0.05) is 16.6 Å². The first-order chi connectivity index (χ1) is 8.38. The van der Waals surface area contributed by atoms with E-state index >= 15 is 0 Å². The third-order valence-electron chi connectivity index (χ3n) is 2.05. The number of nitriles is 1. The van der Waals surface area contributed by atoms with Gasteiger partial charge in [-0.15, -0.1) is 5.10 Å². The van der Waals surface area contributed by atoms with Gasteiger partial charge in [0.05, 0.1) is 6.20 Å². The average molecular weight is 246 g/mol. The van der Waals surface area contributed by atoms with E-state index < -0.39 is 0 Å². The lowest BCUT2D eigenvalue weighted by atomic mass is 10.2. The molecule has 0 radical (unpaired) electrons. The minimum atomic E-state index is 0.0735. The minimum absolute atomic E-state index is 0.0735. The van der Waals surface area contributed by atoms with Crippen LogP contribution < -0.4 is 10.1 Å². The summed E-state index contributed by atoms with van der Waals surface area (Å²) in [6.45, 7) is 0.784. The Hall–Kier alpha value is -2.13. The van der Waals surface area contributed by atoms with Crippen LogP contribution in [0.2, 0.25) is 0 Å². The first kappa shape index (κ1) is 11.4. The Bertz CT molecular complexity index is 489. The summed E-state index contributed by atoms with van der Waals surface area (Å²) in [5, 5.41) is 16.3. The fourth-order valence-corrected chi connectivity index (χ4v) is 1.67. The summed E-state index contributed by atoms with van der Waals surface area (Å²) in [6.07, 6.45) is 1.69. The second-order valence-corrected chi connectivity index (χ2v) is 4.01. The second kappa shape index (κ2) is 5.82. The summed E-state index contributed by atoms with van der Waals surface area (Å²) < 4.78 is 8.92. The maximum atomic E-state index is 8.38. The predicted molar refractivity (Wildman–Crippen MR) is 64.8 cm³/mol. The fourth-order valence-electron chi connectivity index (χ4n) is 1.25. The molecule has 0 spiro atoms. The van der Waals surface area contributed by atoms with Crippen LogP contribution in [0.4, 0.5) is 5.00 Å². The zero-order valence-corrected chi connectivity index (χ0v) is 9.78. The summed E-state index contributed by atoms with van der Waals surface area (Å²) in [4.78, 5) is 0. The van der Waals surface area contributed by atoms with Crippen LogP contribution in [0.1, 0.15) is 5.56 Å². The Morgan fingerprint density at radius 1 is 1.35 bits per heavy atom. The van der Waals surface area contributed by atoms with Gasteiger partial charge in [0, 0.05) is 18.1 Å². The van der Waals surface area contributed by atoms with Crippen LogP contribution in [0.5, 0.6) is 5.75 Å². The van der Waals surface area contributed by atoms with Crippen molar-refractivity contribution in [3.05, 3.63) is 36.0 Å². The van der Waals surface area contributed by atoms with E-state index in [0.29, 0.717) is 12.3 Å². The Morgan fingerprint density at radius 2 is 2.18 bits per heavy atom. The second-order valence-electron chi connectivity index (χ2n) is 3.23. The fraction of sp³-hybridized carbons (Fsp3) is 0.182. The summed E-state index contributed by atoms with van der Waals surface area (Å²) in [5.41, 5.74) is 1.13. The number of anilines is 1. The number of nitrogens with zero attached hydrogens (tertiary/aromatic N) is 3. The number of benzene rings is 1. The Labute approximate surface area is 103 Å². The maximum absolute atomic E-state index is 8.38. The van der Waals surface area contributed by atoms with Crippen LogP contribution in [0.15, 0.2) is 30.5 Å². The number of nitrogens with one attached hydrogen (secondary N) is 1. The standard InChI is InChI=1S/C11H10N4OS/c12-5-6-16-10-3-1-9(2-4-10)7-13-11-8-14-15-17-11/h1-4,8,13H,6-7H2. The molecular formula is C11H10N4OS. The molecule has 1 N–H and O–H groups in total. The molecule has 0 fully saturated rings. The zero-order chi connectivity index (χ0) is 11.9. The molecule has 0 amide bonds. The molecule has 1 heterocycles. The molecule has 0 atom stereocenters. The molecular weight excluding hydrogens is 236 g/mol. The highest BCUT2D eigenvalue weighted by Gasteiger charge is 1.97. The van der Waals surface area contributed by atoms with Gasteiger partial charge in [0.25, 0.3) is 0 Å². The van der Waals surface area contributed by atoms with Gasteiger partial charge < -0.3 is 10.1 Å². The van der Waals surface area contributed by atoms with Crippen molar-refractivity contribution in [2.24, 2.45) is 0 Å². The Balaban J connectivity index is 1.88. The van der Waals surface area contributed by atoms with Crippen molar-refractivity contribution in [3.8, 4) is 11.8 Å². The van der Waals surface area contributed by atoms with Crippen LogP contribution in [0.3, 0.4) is 0 Å². The molecule has 86 valence electrons. The summed E-state index contributed by atoms with van der Waals surface area (Å²) in [6, 6.07) is 9.53. The van der Waals surface area contributed by atoms with Crippen molar-refractivity contribution >= 4 is 16.5 Å². The highest BCUT2D eigenvalue weighted by Crippen LogP contribution is 2.14. The molecule has 0 saturated heterocycles. The van der Waals surface area contributed by atoms with Crippen molar-refractivity contribution < 1.29 is 4.74 Å². The molecule has 5 nitrogen and oxygen atoms in total. The molecule has 0 aliphatic heterocycles. The first-order valence-electron chi connectivity index (χ1n) is 4.98. The monoisotopic (exact) mass is 246 g/mol. The highest BCUT2D eigenvalue weighted by atomic mass is 32.1. The predicted octanol–water partition coefficient (Wildman–Crippen LogP) is 2.05. The summed E-state index contributed by atoms with van der Waals surface area (Å²) in [7, 11) is 0. The lowest BCUT2D eigenvalue weighted by Gasteiger charge is -2.05. The van der Waals surface area contributed by atoms with Gasteiger partial charge in [-0.25, -0.2) is 0 Å². The molecule has 2 rings (SSSR count). The van der Waals surface area contributed by atoms with Gasteiger partial charge in [0.15, 0.2) is 6.61 Å². The normalized spacial score (nSPS) is 9.59. The zero-order valence-electron chi connectivity index (χ0n) is 8.96. The number of aromatic nitrogens is 2. The van der Waals surface area contributed by atoms with Gasteiger partial charge >= 0.3 is 0 Å². The van der Waals surface area contributed by atoms with Crippen LogP contribution in [-0.4, -0.2) is 16.2 Å². The van der Waals surface area contributed by atoms with E-state index in [0.717, 1.165) is 10.6 Å². The highest BCUT2D eigenvalue weighted by molar-refractivity contribution is 7.09. The Morgan fingerprint density at radius 3 is 2.82 bits per heavy atom. The number of hydrogen-bond donors (Lipinski definition) is 1. The molecule has 17 heavy (non-hydrogen) atoms. The molecule has 0 bridgehead atoms. The van der Waals surface area contributed by atoms with E-state index in [9.17, 15) is 0 Å². The van der Waals surface area contributed by atoms with Crippen LogP contribution >= 0.6 is 11.5 Å². The molecule has 0 aliphatic carbocycles. The molecule has 0 saturated carbocycles. The molecule has 6 heteroatoms. The first-order valence-corrected chi connectivity index (χ1v) is 5.76. The number of rotatable bonds is 5. The van der Waals surface area contributed by atoms with Crippen molar-refractivity contribution in [3.63, 3.8) is 0 Å². The van der Waals surface area contributed by atoms with Crippen LogP contribution in [-0.2, 0) is 6.54 Å². The quantitative estimate of drug-likeness (QED) is 0.874. The third kappa shape index (κ3) is 3.43. The van der Waals surface area contributed by atoms with Crippen molar-refractivity contribution in [2.75, 3.05) is 11.9 Å².